The van der Waals surface area contributed by atoms with Crippen molar-refractivity contribution < 1.29 is 19.2 Å². The van der Waals surface area contributed by atoms with Crippen LogP contribution in [-0.4, -0.2) is 28.3 Å². The molecule has 0 aliphatic rings. The van der Waals surface area contributed by atoms with Crippen LogP contribution in [0.25, 0.3) is 11.5 Å². The number of methoxy groups -OCH3 is 1. The molecule has 0 aliphatic heterocycles. The van der Waals surface area contributed by atoms with Gasteiger partial charge >= 0.3 is 5.97 Å². The standard InChI is InChI=1S/C12H12N2O4/c1-17-9-4-2-3-8(7-9)12-13-10(14-18-12)5-6-11(15)16/h2-4,7H,5-6H2,1H3,(H,15,16). The molecule has 0 unspecified atom stereocenters. The number of aryl methyl sites for hydroxylation is 1. The van der Waals surface area contributed by atoms with Gasteiger partial charge in [0.15, 0.2) is 5.82 Å². The Morgan fingerprint density at radius 1 is 1.50 bits per heavy atom. The van der Waals surface area contributed by atoms with Crippen molar-refractivity contribution in [3.63, 3.8) is 0 Å². The Labute approximate surface area is 103 Å². The van der Waals surface area contributed by atoms with Crippen LogP contribution in [0.1, 0.15) is 12.2 Å². The molecule has 6 nitrogen and oxygen atoms in total. The number of aliphatic carboxylic acids is 1. The minimum absolute atomic E-state index is 0.0168. The van der Waals surface area contributed by atoms with E-state index in [0.717, 1.165) is 5.56 Å². The minimum atomic E-state index is -0.886. The summed E-state index contributed by atoms with van der Waals surface area (Å²) in [5.41, 5.74) is 0.739. The quantitative estimate of drug-likeness (QED) is 0.867. The van der Waals surface area contributed by atoms with Gasteiger partial charge in [-0.05, 0) is 18.2 Å². The van der Waals surface area contributed by atoms with Gasteiger partial charge in [0.2, 0.25) is 0 Å². The zero-order valence-corrected chi connectivity index (χ0v) is 9.79. The Hall–Kier alpha value is -2.37. The highest BCUT2D eigenvalue weighted by molar-refractivity contribution is 5.66. The topological polar surface area (TPSA) is 85.5 Å². The van der Waals surface area contributed by atoms with E-state index in [1.54, 1.807) is 13.2 Å². The molecule has 1 heterocycles. The first-order valence-electron chi connectivity index (χ1n) is 5.38. The molecule has 1 aromatic heterocycles. The van der Waals surface area contributed by atoms with Gasteiger partial charge in [-0.15, -0.1) is 0 Å². The van der Waals surface area contributed by atoms with Crippen LogP contribution in [0.15, 0.2) is 28.8 Å². The van der Waals surface area contributed by atoms with Gasteiger partial charge in [-0.2, -0.15) is 4.98 Å². The maximum Gasteiger partial charge on any atom is 0.303 e. The molecule has 6 heteroatoms. The van der Waals surface area contributed by atoms with Crippen molar-refractivity contribution in [2.75, 3.05) is 7.11 Å². The molecule has 0 bridgehead atoms. The van der Waals surface area contributed by atoms with Crippen LogP contribution >= 0.6 is 0 Å². The van der Waals surface area contributed by atoms with Crippen molar-refractivity contribution in [2.24, 2.45) is 0 Å². The van der Waals surface area contributed by atoms with E-state index in [9.17, 15) is 4.79 Å². The van der Waals surface area contributed by atoms with Crippen LogP contribution in [0.5, 0.6) is 5.75 Å². The molecule has 0 radical (unpaired) electrons. The van der Waals surface area contributed by atoms with Gasteiger partial charge in [0.25, 0.3) is 5.89 Å². The second-order valence-electron chi connectivity index (χ2n) is 3.64. The minimum Gasteiger partial charge on any atom is -0.497 e. The van der Waals surface area contributed by atoms with Crippen LogP contribution < -0.4 is 4.74 Å². The summed E-state index contributed by atoms with van der Waals surface area (Å²) in [5, 5.41) is 12.3. The average molecular weight is 248 g/mol. The zero-order chi connectivity index (χ0) is 13.0. The average Bonchev–Trinajstić information content (AvgIpc) is 2.85. The summed E-state index contributed by atoms with van der Waals surface area (Å²) in [6, 6.07) is 7.21. The lowest BCUT2D eigenvalue weighted by molar-refractivity contribution is -0.137. The Kier molecular flexibility index (Phi) is 3.57. The zero-order valence-electron chi connectivity index (χ0n) is 9.79. The van der Waals surface area contributed by atoms with Crippen molar-refractivity contribution in [2.45, 2.75) is 12.8 Å². The fourth-order valence-corrected chi connectivity index (χ4v) is 1.45. The lowest BCUT2D eigenvalue weighted by Gasteiger charge is -1.99. The lowest BCUT2D eigenvalue weighted by atomic mass is 10.2. The molecule has 0 saturated heterocycles. The van der Waals surface area contributed by atoms with Crippen molar-refractivity contribution in [1.82, 2.24) is 10.1 Å². The number of carboxylic acid groups (broad SMARTS) is 1. The van der Waals surface area contributed by atoms with Crippen molar-refractivity contribution >= 4 is 5.97 Å². The Bertz CT molecular complexity index is 551. The normalized spacial score (nSPS) is 10.3. The van der Waals surface area contributed by atoms with Gasteiger partial charge in [-0.25, -0.2) is 0 Å². The predicted octanol–water partition coefficient (Wildman–Crippen LogP) is 1.76. The summed E-state index contributed by atoms with van der Waals surface area (Å²) in [6.07, 6.45) is 0.236. The molecule has 18 heavy (non-hydrogen) atoms. The highest BCUT2D eigenvalue weighted by Crippen LogP contribution is 2.22. The van der Waals surface area contributed by atoms with E-state index in [1.807, 2.05) is 18.2 Å². The second kappa shape index (κ2) is 5.31. The van der Waals surface area contributed by atoms with Crippen molar-refractivity contribution in [3.8, 4) is 17.2 Å². The highest BCUT2D eigenvalue weighted by Gasteiger charge is 2.10. The molecule has 1 N–H and O–H groups in total. The predicted molar refractivity (Wildman–Crippen MR) is 62.2 cm³/mol. The Morgan fingerprint density at radius 3 is 3.06 bits per heavy atom. The first-order valence-corrected chi connectivity index (χ1v) is 5.38. The summed E-state index contributed by atoms with van der Waals surface area (Å²) in [6.45, 7) is 0. The summed E-state index contributed by atoms with van der Waals surface area (Å²) in [5.74, 6) is 0.546. The van der Waals surface area contributed by atoms with E-state index in [-0.39, 0.29) is 12.8 Å². The highest BCUT2D eigenvalue weighted by atomic mass is 16.5. The van der Waals surface area contributed by atoms with Crippen LogP contribution in [0, 0.1) is 0 Å². The molecule has 1 aromatic carbocycles. The third-order valence-electron chi connectivity index (χ3n) is 2.35. The van der Waals surface area contributed by atoms with E-state index < -0.39 is 5.97 Å². The molecule has 0 saturated carbocycles. The number of ether oxygens (including phenoxy) is 1. The van der Waals surface area contributed by atoms with Gasteiger partial charge in [0.1, 0.15) is 5.75 Å². The lowest BCUT2D eigenvalue weighted by Crippen LogP contribution is -1.98. The monoisotopic (exact) mass is 248 g/mol. The first-order chi connectivity index (χ1) is 8.69. The summed E-state index contributed by atoms with van der Waals surface area (Å²) >= 11 is 0. The molecule has 0 aliphatic carbocycles. The van der Waals surface area contributed by atoms with Crippen LogP contribution in [-0.2, 0) is 11.2 Å². The number of hydrogen-bond donors (Lipinski definition) is 1. The van der Waals surface area contributed by atoms with Gasteiger partial charge < -0.3 is 14.4 Å². The smallest absolute Gasteiger partial charge is 0.303 e. The summed E-state index contributed by atoms with van der Waals surface area (Å²) in [4.78, 5) is 14.6. The maximum absolute atomic E-state index is 10.4. The van der Waals surface area contributed by atoms with Gasteiger partial charge in [-0.1, -0.05) is 11.2 Å². The molecule has 0 fully saturated rings. The molecule has 0 spiro atoms. The van der Waals surface area contributed by atoms with Gasteiger partial charge in [-0.3, -0.25) is 4.79 Å². The number of hydrogen-bond acceptors (Lipinski definition) is 5. The Balaban J connectivity index is 2.15. The number of carbonyl (C=O) groups is 1. The van der Waals surface area contributed by atoms with E-state index in [1.165, 1.54) is 0 Å². The van der Waals surface area contributed by atoms with Gasteiger partial charge in [0.05, 0.1) is 13.5 Å². The molecule has 2 rings (SSSR count). The number of aromatic nitrogens is 2. The molecule has 0 amide bonds. The van der Waals surface area contributed by atoms with Crippen LogP contribution in [0.4, 0.5) is 0 Å². The maximum atomic E-state index is 10.4. The van der Waals surface area contributed by atoms with E-state index in [2.05, 4.69) is 10.1 Å². The van der Waals surface area contributed by atoms with E-state index in [0.29, 0.717) is 17.5 Å². The Morgan fingerprint density at radius 2 is 2.33 bits per heavy atom. The second-order valence-corrected chi connectivity index (χ2v) is 3.64. The third kappa shape index (κ3) is 2.85. The molecule has 94 valence electrons. The summed E-state index contributed by atoms with van der Waals surface area (Å²) in [7, 11) is 1.57. The number of nitrogens with zero attached hydrogens (tertiary/aromatic N) is 2. The molecular weight excluding hydrogens is 236 g/mol. The SMILES string of the molecule is COc1cccc(-c2nc(CCC(=O)O)no2)c1. The first kappa shape index (κ1) is 12.1. The fourth-order valence-electron chi connectivity index (χ4n) is 1.45. The van der Waals surface area contributed by atoms with Crippen LogP contribution in [0.3, 0.4) is 0 Å². The molecule has 2 aromatic rings. The van der Waals surface area contributed by atoms with E-state index >= 15 is 0 Å². The van der Waals surface area contributed by atoms with Crippen molar-refractivity contribution in [3.05, 3.63) is 30.1 Å². The largest absolute Gasteiger partial charge is 0.497 e. The molecular formula is C12H12N2O4. The number of carboxylic acids is 1. The van der Waals surface area contributed by atoms with Crippen LogP contribution in [0.2, 0.25) is 0 Å². The summed E-state index contributed by atoms with van der Waals surface area (Å²) < 4.78 is 10.2. The van der Waals surface area contributed by atoms with Crippen molar-refractivity contribution in [1.29, 1.82) is 0 Å². The number of rotatable bonds is 5. The van der Waals surface area contributed by atoms with Gasteiger partial charge in [0, 0.05) is 12.0 Å². The molecule has 0 atom stereocenters. The van der Waals surface area contributed by atoms with E-state index in [4.69, 9.17) is 14.4 Å². The number of benzene rings is 1. The third-order valence-corrected chi connectivity index (χ3v) is 2.35. The fraction of sp³-hybridized carbons (Fsp3) is 0.250.